The van der Waals surface area contributed by atoms with E-state index in [0.717, 1.165) is 25.9 Å². The Morgan fingerprint density at radius 3 is 2.65 bits per heavy atom. The SMILES string of the molecule is CCC(CC(=O)NC1CCNC1)c1ccc(C)cc1.Cl. The molecule has 0 aliphatic carbocycles. The molecule has 0 spiro atoms. The number of halogens is 1. The zero-order valence-corrected chi connectivity index (χ0v) is 13.1. The Morgan fingerprint density at radius 1 is 1.40 bits per heavy atom. The Balaban J connectivity index is 0.00000200. The molecule has 0 saturated carbocycles. The van der Waals surface area contributed by atoms with Crippen molar-refractivity contribution >= 4 is 18.3 Å². The standard InChI is InChI=1S/C16H24N2O.ClH/c1-3-13(14-6-4-12(2)5-7-14)10-16(19)18-15-8-9-17-11-15;/h4-7,13,15,17H,3,8-11H2,1-2H3,(H,18,19);1H. The van der Waals surface area contributed by atoms with Gasteiger partial charge in [-0.2, -0.15) is 0 Å². The van der Waals surface area contributed by atoms with Gasteiger partial charge < -0.3 is 10.6 Å². The van der Waals surface area contributed by atoms with Gasteiger partial charge in [-0.1, -0.05) is 36.8 Å². The fraction of sp³-hybridized carbons (Fsp3) is 0.562. The average molecular weight is 297 g/mol. The molecule has 4 heteroatoms. The van der Waals surface area contributed by atoms with E-state index in [-0.39, 0.29) is 18.3 Å². The fourth-order valence-corrected chi connectivity index (χ4v) is 2.62. The molecule has 0 radical (unpaired) electrons. The third kappa shape index (κ3) is 4.80. The number of amides is 1. The van der Waals surface area contributed by atoms with E-state index < -0.39 is 0 Å². The highest BCUT2D eigenvalue weighted by Gasteiger charge is 2.19. The predicted molar refractivity (Wildman–Crippen MR) is 85.5 cm³/mol. The third-order valence-electron chi connectivity index (χ3n) is 3.90. The van der Waals surface area contributed by atoms with Gasteiger partial charge in [-0.25, -0.2) is 0 Å². The van der Waals surface area contributed by atoms with Crippen molar-refractivity contribution < 1.29 is 4.79 Å². The lowest BCUT2D eigenvalue weighted by atomic mass is 9.92. The highest BCUT2D eigenvalue weighted by Crippen LogP contribution is 2.23. The smallest absolute Gasteiger partial charge is 0.220 e. The zero-order chi connectivity index (χ0) is 13.7. The fourth-order valence-electron chi connectivity index (χ4n) is 2.62. The Kier molecular flexibility index (Phi) is 7.03. The van der Waals surface area contributed by atoms with E-state index in [0.29, 0.717) is 18.4 Å². The van der Waals surface area contributed by atoms with Crippen LogP contribution in [-0.4, -0.2) is 25.0 Å². The molecule has 20 heavy (non-hydrogen) atoms. The summed E-state index contributed by atoms with van der Waals surface area (Å²) in [6.45, 7) is 6.16. The first kappa shape index (κ1) is 17.0. The second-order valence-electron chi connectivity index (χ2n) is 5.48. The van der Waals surface area contributed by atoms with Crippen molar-refractivity contribution in [2.24, 2.45) is 0 Å². The minimum Gasteiger partial charge on any atom is -0.352 e. The van der Waals surface area contributed by atoms with E-state index in [1.54, 1.807) is 0 Å². The molecule has 1 aromatic rings. The summed E-state index contributed by atoms with van der Waals surface area (Å²) in [5.74, 6) is 0.510. The minimum atomic E-state index is 0. The molecule has 2 N–H and O–H groups in total. The van der Waals surface area contributed by atoms with E-state index >= 15 is 0 Å². The quantitative estimate of drug-likeness (QED) is 0.877. The lowest BCUT2D eigenvalue weighted by Crippen LogP contribution is -2.36. The number of carbonyl (C=O) groups is 1. The highest BCUT2D eigenvalue weighted by molar-refractivity contribution is 5.85. The van der Waals surface area contributed by atoms with Crippen LogP contribution in [0.3, 0.4) is 0 Å². The molecule has 0 aromatic heterocycles. The van der Waals surface area contributed by atoms with Gasteiger partial charge in [0.25, 0.3) is 0 Å². The summed E-state index contributed by atoms with van der Waals surface area (Å²) < 4.78 is 0. The molecule has 3 nitrogen and oxygen atoms in total. The van der Waals surface area contributed by atoms with Crippen LogP contribution in [0.1, 0.15) is 43.2 Å². The van der Waals surface area contributed by atoms with Crippen molar-refractivity contribution in [3.63, 3.8) is 0 Å². The Bertz CT molecular complexity index is 413. The van der Waals surface area contributed by atoms with Crippen molar-refractivity contribution in [3.8, 4) is 0 Å². The summed E-state index contributed by atoms with van der Waals surface area (Å²) in [7, 11) is 0. The van der Waals surface area contributed by atoms with Crippen molar-refractivity contribution in [1.82, 2.24) is 10.6 Å². The van der Waals surface area contributed by atoms with Crippen LogP contribution in [0.15, 0.2) is 24.3 Å². The molecule has 1 saturated heterocycles. The highest BCUT2D eigenvalue weighted by atomic mass is 35.5. The monoisotopic (exact) mass is 296 g/mol. The Morgan fingerprint density at radius 2 is 2.10 bits per heavy atom. The molecule has 0 bridgehead atoms. The maximum absolute atomic E-state index is 12.1. The molecular weight excluding hydrogens is 272 g/mol. The molecule has 2 atom stereocenters. The number of nitrogens with one attached hydrogen (secondary N) is 2. The molecule has 2 rings (SSSR count). The van der Waals surface area contributed by atoms with Gasteiger partial charge in [-0.05, 0) is 37.8 Å². The molecule has 1 aliphatic heterocycles. The van der Waals surface area contributed by atoms with Crippen LogP contribution in [0.5, 0.6) is 0 Å². The van der Waals surface area contributed by atoms with E-state index in [1.807, 2.05) is 0 Å². The Labute approximate surface area is 127 Å². The van der Waals surface area contributed by atoms with Crippen LogP contribution in [0.2, 0.25) is 0 Å². The largest absolute Gasteiger partial charge is 0.352 e. The number of rotatable bonds is 5. The number of benzene rings is 1. The van der Waals surface area contributed by atoms with E-state index in [4.69, 9.17) is 0 Å². The first-order valence-corrected chi connectivity index (χ1v) is 7.25. The maximum atomic E-state index is 12.1. The number of hydrogen-bond donors (Lipinski definition) is 2. The van der Waals surface area contributed by atoms with Gasteiger partial charge in [-0.15, -0.1) is 12.4 Å². The van der Waals surface area contributed by atoms with Gasteiger partial charge >= 0.3 is 0 Å². The van der Waals surface area contributed by atoms with Gasteiger partial charge in [0.1, 0.15) is 0 Å². The zero-order valence-electron chi connectivity index (χ0n) is 12.3. The van der Waals surface area contributed by atoms with Gasteiger partial charge in [0, 0.05) is 19.0 Å². The third-order valence-corrected chi connectivity index (χ3v) is 3.90. The molecule has 1 heterocycles. The van der Waals surface area contributed by atoms with Crippen molar-refractivity contribution in [2.45, 2.75) is 45.1 Å². The van der Waals surface area contributed by atoms with Crippen molar-refractivity contribution in [2.75, 3.05) is 13.1 Å². The predicted octanol–water partition coefficient (Wildman–Crippen LogP) is 2.78. The lowest BCUT2D eigenvalue weighted by molar-refractivity contribution is -0.122. The van der Waals surface area contributed by atoms with Crippen LogP contribution in [0, 0.1) is 6.92 Å². The minimum absolute atomic E-state index is 0. The van der Waals surface area contributed by atoms with E-state index in [2.05, 4.69) is 48.7 Å². The summed E-state index contributed by atoms with van der Waals surface area (Å²) in [4.78, 5) is 12.1. The number of carbonyl (C=O) groups excluding carboxylic acids is 1. The van der Waals surface area contributed by atoms with Crippen LogP contribution in [0.25, 0.3) is 0 Å². The molecule has 1 amide bonds. The summed E-state index contributed by atoms with van der Waals surface area (Å²) in [6.07, 6.45) is 2.64. The van der Waals surface area contributed by atoms with Crippen molar-refractivity contribution in [3.05, 3.63) is 35.4 Å². The Hall–Kier alpha value is -1.06. The van der Waals surface area contributed by atoms with Gasteiger partial charge in [0.15, 0.2) is 0 Å². The number of aryl methyl sites for hydroxylation is 1. The lowest BCUT2D eigenvalue weighted by Gasteiger charge is -2.17. The van der Waals surface area contributed by atoms with E-state index in [9.17, 15) is 4.79 Å². The molecular formula is C16H25ClN2O. The van der Waals surface area contributed by atoms with Crippen LogP contribution < -0.4 is 10.6 Å². The van der Waals surface area contributed by atoms with Gasteiger partial charge in [-0.3, -0.25) is 4.79 Å². The summed E-state index contributed by atoms with van der Waals surface area (Å²) in [5.41, 5.74) is 2.54. The maximum Gasteiger partial charge on any atom is 0.220 e. The second-order valence-corrected chi connectivity index (χ2v) is 5.48. The van der Waals surface area contributed by atoms with Crippen molar-refractivity contribution in [1.29, 1.82) is 0 Å². The topological polar surface area (TPSA) is 41.1 Å². The number of hydrogen-bond acceptors (Lipinski definition) is 2. The molecule has 2 unspecified atom stereocenters. The van der Waals surface area contributed by atoms with Crippen LogP contribution >= 0.6 is 12.4 Å². The van der Waals surface area contributed by atoms with Gasteiger partial charge in [0.2, 0.25) is 5.91 Å². The first-order valence-electron chi connectivity index (χ1n) is 7.25. The molecule has 1 aliphatic rings. The van der Waals surface area contributed by atoms with Crippen LogP contribution in [0.4, 0.5) is 0 Å². The van der Waals surface area contributed by atoms with Gasteiger partial charge in [0.05, 0.1) is 0 Å². The molecule has 112 valence electrons. The average Bonchev–Trinajstić information content (AvgIpc) is 2.90. The first-order chi connectivity index (χ1) is 9.19. The summed E-state index contributed by atoms with van der Waals surface area (Å²) >= 11 is 0. The normalized spacial score (nSPS) is 19.2. The summed E-state index contributed by atoms with van der Waals surface area (Å²) in [5, 5.41) is 6.39. The van der Waals surface area contributed by atoms with Crippen LogP contribution in [-0.2, 0) is 4.79 Å². The van der Waals surface area contributed by atoms with E-state index in [1.165, 1.54) is 11.1 Å². The molecule has 1 fully saturated rings. The second kappa shape index (κ2) is 8.28. The molecule has 1 aromatic carbocycles. The summed E-state index contributed by atoms with van der Waals surface area (Å²) in [6, 6.07) is 8.86.